The van der Waals surface area contributed by atoms with E-state index in [1.54, 1.807) is 28.0 Å². The van der Waals surface area contributed by atoms with E-state index in [9.17, 15) is 8.42 Å². The molecule has 2 aliphatic heterocycles. The van der Waals surface area contributed by atoms with Gasteiger partial charge < -0.3 is 15.0 Å². The van der Waals surface area contributed by atoms with Crippen LogP contribution in [0.15, 0.2) is 29.3 Å². The number of hydrogen-bond donors (Lipinski definition) is 1. The summed E-state index contributed by atoms with van der Waals surface area (Å²) in [4.78, 5) is 9.01. The van der Waals surface area contributed by atoms with E-state index in [0.717, 1.165) is 24.8 Å². The zero-order chi connectivity index (χ0) is 21.1. The Kier molecular flexibility index (Phi) is 8.81. The Labute approximate surface area is 198 Å². The zero-order valence-corrected chi connectivity index (χ0v) is 21.6. The van der Waals surface area contributed by atoms with E-state index >= 15 is 0 Å². The van der Waals surface area contributed by atoms with Crippen LogP contribution in [0.1, 0.15) is 38.3 Å². The van der Waals surface area contributed by atoms with Crippen molar-refractivity contribution in [3.05, 3.63) is 29.8 Å². The van der Waals surface area contributed by atoms with Gasteiger partial charge in [-0.15, -0.1) is 24.0 Å². The number of aliphatic imine (C=N–C) groups is 1. The number of rotatable bonds is 5. The van der Waals surface area contributed by atoms with Gasteiger partial charge in [-0.2, -0.15) is 0 Å². The monoisotopic (exact) mass is 550 g/mol. The molecule has 2 aliphatic rings. The van der Waals surface area contributed by atoms with Gasteiger partial charge in [0.2, 0.25) is 0 Å². The minimum Gasteiger partial charge on any atom is -0.497 e. The predicted molar refractivity (Wildman–Crippen MR) is 133 cm³/mol. The van der Waals surface area contributed by atoms with Crippen molar-refractivity contribution < 1.29 is 13.2 Å². The second-order valence-electron chi connectivity index (χ2n) is 8.46. The first kappa shape index (κ1) is 25.2. The van der Waals surface area contributed by atoms with Gasteiger partial charge in [0.15, 0.2) is 15.8 Å². The molecule has 30 heavy (non-hydrogen) atoms. The molecule has 0 bridgehead atoms. The third-order valence-electron chi connectivity index (χ3n) is 6.07. The second-order valence-corrected chi connectivity index (χ2v) is 11.2. The summed E-state index contributed by atoms with van der Waals surface area (Å²) in [5, 5.41) is 3.52. The van der Waals surface area contributed by atoms with Crippen molar-refractivity contribution in [2.75, 3.05) is 52.6 Å². The van der Waals surface area contributed by atoms with E-state index in [4.69, 9.17) is 4.74 Å². The van der Waals surface area contributed by atoms with Crippen molar-refractivity contribution in [1.29, 1.82) is 0 Å². The average molecular weight is 551 g/mol. The SMILES string of the molecule is CN=C(NCC(c1cccc(OC)c1)N1CCCC1)N1CCS(=O)(=O)C(C)(C)C1.I. The van der Waals surface area contributed by atoms with Gasteiger partial charge in [-0.05, 0) is 57.5 Å². The molecular weight excluding hydrogens is 515 g/mol. The number of hydrogen-bond acceptors (Lipinski definition) is 5. The van der Waals surface area contributed by atoms with Crippen LogP contribution in [0, 0.1) is 0 Å². The number of methoxy groups -OCH3 is 1. The maximum Gasteiger partial charge on any atom is 0.193 e. The highest BCUT2D eigenvalue weighted by Crippen LogP contribution is 2.28. The van der Waals surface area contributed by atoms with E-state index in [1.165, 1.54) is 18.4 Å². The standard InChI is InChI=1S/C21H34N4O3S.HI/c1-21(2)16-25(12-13-29(21,26)27)20(22-3)23-15-19(24-10-5-6-11-24)17-8-7-9-18(14-17)28-4;/h7-9,14,19H,5-6,10-13,15-16H2,1-4H3,(H,22,23);1H. The van der Waals surface area contributed by atoms with E-state index < -0.39 is 14.6 Å². The molecule has 2 fully saturated rings. The molecule has 170 valence electrons. The Morgan fingerprint density at radius 1 is 1.27 bits per heavy atom. The Balaban J connectivity index is 0.00000320. The topological polar surface area (TPSA) is 74.2 Å². The van der Waals surface area contributed by atoms with Gasteiger partial charge in [0.25, 0.3) is 0 Å². The van der Waals surface area contributed by atoms with Gasteiger partial charge in [-0.25, -0.2) is 8.42 Å². The summed E-state index contributed by atoms with van der Waals surface area (Å²) < 4.78 is 29.3. The zero-order valence-electron chi connectivity index (χ0n) is 18.4. The molecule has 0 saturated carbocycles. The molecule has 0 spiro atoms. The fourth-order valence-electron chi connectivity index (χ4n) is 4.20. The first-order chi connectivity index (χ1) is 13.8. The first-order valence-electron chi connectivity index (χ1n) is 10.3. The molecule has 0 aromatic heterocycles. The van der Waals surface area contributed by atoms with Crippen molar-refractivity contribution in [3.8, 4) is 5.75 Å². The van der Waals surface area contributed by atoms with Crippen molar-refractivity contribution >= 4 is 39.8 Å². The van der Waals surface area contributed by atoms with Crippen LogP contribution < -0.4 is 10.1 Å². The number of nitrogens with one attached hydrogen (secondary N) is 1. The third kappa shape index (κ3) is 5.59. The highest BCUT2D eigenvalue weighted by atomic mass is 127. The smallest absolute Gasteiger partial charge is 0.193 e. The van der Waals surface area contributed by atoms with Crippen LogP contribution in [-0.4, -0.2) is 81.6 Å². The lowest BCUT2D eigenvalue weighted by Gasteiger charge is -2.39. The van der Waals surface area contributed by atoms with Crippen LogP contribution in [0.3, 0.4) is 0 Å². The maximum atomic E-state index is 12.3. The van der Waals surface area contributed by atoms with Crippen LogP contribution in [0.25, 0.3) is 0 Å². The Bertz CT molecular complexity index is 838. The molecule has 7 nitrogen and oxygen atoms in total. The van der Waals surface area contributed by atoms with Crippen LogP contribution in [-0.2, 0) is 9.84 Å². The summed E-state index contributed by atoms with van der Waals surface area (Å²) in [7, 11) is 0.372. The molecule has 0 radical (unpaired) electrons. The molecule has 0 aliphatic carbocycles. The van der Waals surface area contributed by atoms with Crippen molar-refractivity contribution in [1.82, 2.24) is 15.1 Å². The molecular formula is C21H35IN4O3S. The summed E-state index contributed by atoms with van der Waals surface area (Å²) >= 11 is 0. The number of benzene rings is 1. The molecule has 1 N–H and O–H groups in total. The third-order valence-corrected chi connectivity index (χ3v) is 8.60. The molecule has 0 amide bonds. The fraction of sp³-hybridized carbons (Fsp3) is 0.667. The molecule has 1 unspecified atom stereocenters. The number of halogens is 1. The van der Waals surface area contributed by atoms with Gasteiger partial charge >= 0.3 is 0 Å². The molecule has 9 heteroatoms. The highest BCUT2D eigenvalue weighted by molar-refractivity contribution is 14.0. The van der Waals surface area contributed by atoms with Crippen LogP contribution in [0.4, 0.5) is 0 Å². The van der Waals surface area contributed by atoms with Crippen molar-refractivity contribution in [2.24, 2.45) is 4.99 Å². The van der Waals surface area contributed by atoms with Gasteiger partial charge in [-0.3, -0.25) is 9.89 Å². The summed E-state index contributed by atoms with van der Waals surface area (Å²) in [6, 6.07) is 8.46. The highest BCUT2D eigenvalue weighted by Gasteiger charge is 2.41. The lowest BCUT2D eigenvalue weighted by Crippen LogP contribution is -2.57. The minimum absolute atomic E-state index is 0. The lowest BCUT2D eigenvalue weighted by atomic mass is 10.0. The Hall–Kier alpha value is -1.07. The van der Waals surface area contributed by atoms with Crippen LogP contribution in [0.5, 0.6) is 5.75 Å². The largest absolute Gasteiger partial charge is 0.497 e. The van der Waals surface area contributed by atoms with Crippen molar-refractivity contribution in [2.45, 2.75) is 37.5 Å². The molecule has 3 rings (SSSR count). The average Bonchev–Trinajstić information content (AvgIpc) is 3.22. The summed E-state index contributed by atoms with van der Waals surface area (Å²) in [6.07, 6.45) is 2.43. The number of likely N-dealkylation sites (tertiary alicyclic amines) is 1. The fourth-order valence-corrected chi connectivity index (χ4v) is 5.57. The summed E-state index contributed by atoms with van der Waals surface area (Å²) in [5.74, 6) is 1.78. The minimum atomic E-state index is -3.08. The Morgan fingerprint density at radius 2 is 1.97 bits per heavy atom. The van der Waals surface area contributed by atoms with E-state index in [2.05, 4.69) is 32.2 Å². The lowest BCUT2D eigenvalue weighted by molar-refractivity contribution is 0.242. The van der Waals surface area contributed by atoms with E-state index in [-0.39, 0.29) is 35.8 Å². The molecule has 1 aromatic carbocycles. The first-order valence-corrected chi connectivity index (χ1v) is 12.0. The molecule has 1 atom stereocenters. The number of ether oxygens (including phenoxy) is 1. The number of sulfone groups is 1. The maximum absolute atomic E-state index is 12.3. The van der Waals surface area contributed by atoms with Crippen LogP contribution in [0.2, 0.25) is 0 Å². The van der Waals surface area contributed by atoms with Crippen molar-refractivity contribution in [3.63, 3.8) is 0 Å². The molecule has 1 aromatic rings. The van der Waals surface area contributed by atoms with Gasteiger partial charge in [-0.1, -0.05) is 12.1 Å². The van der Waals surface area contributed by atoms with E-state index in [0.29, 0.717) is 19.6 Å². The number of guanidine groups is 1. The second kappa shape index (κ2) is 10.5. The summed E-state index contributed by atoms with van der Waals surface area (Å²) in [6.45, 7) is 7.38. The van der Waals surface area contributed by atoms with Gasteiger partial charge in [0.05, 0.1) is 23.7 Å². The number of nitrogens with zero attached hydrogens (tertiary/aromatic N) is 3. The van der Waals surface area contributed by atoms with Gasteiger partial charge in [0, 0.05) is 26.7 Å². The van der Waals surface area contributed by atoms with E-state index in [1.807, 2.05) is 12.1 Å². The quantitative estimate of drug-likeness (QED) is 0.345. The predicted octanol–water partition coefficient (Wildman–Crippen LogP) is 2.53. The molecule has 2 saturated heterocycles. The Morgan fingerprint density at radius 3 is 2.57 bits per heavy atom. The summed E-state index contributed by atoms with van der Waals surface area (Å²) in [5.41, 5.74) is 1.22. The molecule has 2 heterocycles. The van der Waals surface area contributed by atoms with Crippen LogP contribution >= 0.6 is 24.0 Å². The normalized spacial score (nSPS) is 22.3. The van der Waals surface area contributed by atoms with Gasteiger partial charge in [0.1, 0.15) is 5.75 Å².